The Bertz CT molecular complexity index is 222. The molecule has 2 heterocycles. The molecule has 2 saturated heterocycles. The first-order valence-electron chi connectivity index (χ1n) is 7.35. The molecule has 0 saturated carbocycles. The third-order valence-electron chi connectivity index (χ3n) is 4.40. The predicted octanol–water partition coefficient (Wildman–Crippen LogP) is 2.95. The molecule has 2 aliphatic heterocycles. The molecule has 0 amide bonds. The monoisotopic (exact) mass is 258 g/mol. The number of hydrogen-bond acceptors (Lipinski definition) is 2. The summed E-state index contributed by atoms with van der Waals surface area (Å²) in [6.07, 6.45) is 8.05. The normalized spacial score (nSPS) is 30.7. The minimum Gasteiger partial charge on any atom is -0.298 e. The summed E-state index contributed by atoms with van der Waals surface area (Å²) in [5.41, 5.74) is 0. The molecule has 2 atom stereocenters. The fourth-order valence-corrected chi connectivity index (χ4v) is 3.51. The Labute approximate surface area is 111 Å². The topological polar surface area (TPSA) is 6.48 Å². The molecule has 0 aromatic rings. The van der Waals surface area contributed by atoms with Crippen molar-refractivity contribution in [1.29, 1.82) is 0 Å². The molecule has 100 valence electrons. The van der Waals surface area contributed by atoms with Crippen LogP contribution in [0.2, 0.25) is 0 Å². The Morgan fingerprint density at radius 2 is 1.94 bits per heavy atom. The number of nitrogens with zero attached hydrogens (tertiary/aromatic N) is 2. The van der Waals surface area contributed by atoms with Crippen molar-refractivity contribution in [3.63, 3.8) is 0 Å². The first-order chi connectivity index (χ1) is 8.31. The fraction of sp³-hybridized carbons (Fsp3) is 1.00. The summed E-state index contributed by atoms with van der Waals surface area (Å²) in [5, 5.41) is 0. The lowest BCUT2D eigenvalue weighted by atomic mass is 10.1. The number of hydrogen-bond donors (Lipinski definition) is 0. The van der Waals surface area contributed by atoms with E-state index in [4.69, 9.17) is 11.6 Å². The molecule has 2 unspecified atom stereocenters. The van der Waals surface area contributed by atoms with Crippen molar-refractivity contribution < 1.29 is 0 Å². The van der Waals surface area contributed by atoms with E-state index in [1.54, 1.807) is 0 Å². The Kier molecular flexibility index (Phi) is 5.58. The van der Waals surface area contributed by atoms with Gasteiger partial charge in [-0.1, -0.05) is 12.8 Å². The van der Waals surface area contributed by atoms with Gasteiger partial charge in [0.1, 0.15) is 0 Å². The molecule has 0 radical (unpaired) electrons. The van der Waals surface area contributed by atoms with Gasteiger partial charge < -0.3 is 0 Å². The second-order valence-electron chi connectivity index (χ2n) is 5.74. The highest BCUT2D eigenvalue weighted by molar-refractivity contribution is 6.17. The predicted molar refractivity (Wildman–Crippen MR) is 74.8 cm³/mol. The SMILES string of the molecule is CC1CN2CCCC2CN1CCCCCCCl. The number of piperazine rings is 1. The average molecular weight is 259 g/mol. The number of halogens is 1. The summed E-state index contributed by atoms with van der Waals surface area (Å²) in [4.78, 5) is 5.42. The van der Waals surface area contributed by atoms with Crippen molar-refractivity contribution in [1.82, 2.24) is 9.80 Å². The van der Waals surface area contributed by atoms with Crippen molar-refractivity contribution in [2.45, 2.75) is 57.5 Å². The quantitative estimate of drug-likeness (QED) is 0.534. The molecule has 0 aromatic heterocycles. The summed E-state index contributed by atoms with van der Waals surface area (Å²) in [6.45, 7) is 7.66. The van der Waals surface area contributed by atoms with E-state index in [0.717, 1.165) is 18.0 Å². The number of fused-ring (bicyclic) bond motifs is 1. The Morgan fingerprint density at radius 3 is 2.76 bits per heavy atom. The van der Waals surface area contributed by atoms with Gasteiger partial charge in [0, 0.05) is 31.1 Å². The molecule has 3 heteroatoms. The molecule has 2 nitrogen and oxygen atoms in total. The van der Waals surface area contributed by atoms with Crippen LogP contribution in [-0.4, -0.2) is 53.9 Å². The summed E-state index contributed by atoms with van der Waals surface area (Å²) >= 11 is 5.70. The molecule has 2 rings (SSSR count). The van der Waals surface area contributed by atoms with Gasteiger partial charge in [-0.05, 0) is 45.7 Å². The van der Waals surface area contributed by atoms with Gasteiger partial charge in [0.15, 0.2) is 0 Å². The molecule has 2 aliphatic rings. The maximum absolute atomic E-state index is 5.70. The van der Waals surface area contributed by atoms with Crippen molar-refractivity contribution in [2.24, 2.45) is 0 Å². The minimum absolute atomic E-state index is 0.761. The highest BCUT2D eigenvalue weighted by Crippen LogP contribution is 2.24. The van der Waals surface area contributed by atoms with E-state index in [0.29, 0.717) is 0 Å². The van der Waals surface area contributed by atoms with E-state index in [2.05, 4.69) is 16.7 Å². The number of unbranched alkanes of at least 4 members (excludes halogenated alkanes) is 3. The number of rotatable bonds is 6. The molecule has 17 heavy (non-hydrogen) atoms. The van der Waals surface area contributed by atoms with Crippen LogP contribution >= 0.6 is 11.6 Å². The summed E-state index contributed by atoms with van der Waals surface area (Å²) in [7, 11) is 0. The van der Waals surface area contributed by atoms with Gasteiger partial charge in [0.2, 0.25) is 0 Å². The lowest BCUT2D eigenvalue weighted by Crippen LogP contribution is -2.54. The van der Waals surface area contributed by atoms with Gasteiger partial charge in [-0.25, -0.2) is 0 Å². The van der Waals surface area contributed by atoms with Gasteiger partial charge in [0.25, 0.3) is 0 Å². The maximum Gasteiger partial charge on any atom is 0.0224 e. The first kappa shape index (κ1) is 13.6. The molecule has 0 bridgehead atoms. The van der Waals surface area contributed by atoms with Crippen LogP contribution in [0.25, 0.3) is 0 Å². The van der Waals surface area contributed by atoms with E-state index in [-0.39, 0.29) is 0 Å². The molecule has 0 N–H and O–H groups in total. The molecule has 0 spiro atoms. The Morgan fingerprint density at radius 1 is 1.12 bits per heavy atom. The van der Waals surface area contributed by atoms with Crippen molar-refractivity contribution in [2.75, 3.05) is 32.1 Å². The van der Waals surface area contributed by atoms with E-state index in [9.17, 15) is 0 Å². The Hall–Kier alpha value is 0.210. The van der Waals surface area contributed by atoms with E-state index >= 15 is 0 Å². The smallest absolute Gasteiger partial charge is 0.0224 e. The fourth-order valence-electron chi connectivity index (χ4n) is 3.32. The van der Waals surface area contributed by atoms with E-state index in [1.165, 1.54) is 64.7 Å². The zero-order chi connectivity index (χ0) is 12.1. The molecular weight excluding hydrogens is 232 g/mol. The second kappa shape index (κ2) is 6.96. The van der Waals surface area contributed by atoms with Crippen molar-refractivity contribution in [3.8, 4) is 0 Å². The van der Waals surface area contributed by atoms with Gasteiger partial charge >= 0.3 is 0 Å². The zero-order valence-electron chi connectivity index (χ0n) is 11.2. The summed E-state index contributed by atoms with van der Waals surface area (Å²) < 4.78 is 0. The maximum atomic E-state index is 5.70. The Balaban J connectivity index is 1.66. The lowest BCUT2D eigenvalue weighted by Gasteiger charge is -2.42. The van der Waals surface area contributed by atoms with Crippen LogP contribution in [0.5, 0.6) is 0 Å². The lowest BCUT2D eigenvalue weighted by molar-refractivity contribution is 0.0583. The molecule has 2 fully saturated rings. The van der Waals surface area contributed by atoms with Crippen LogP contribution in [0, 0.1) is 0 Å². The number of alkyl halides is 1. The highest BCUT2D eigenvalue weighted by Gasteiger charge is 2.33. The second-order valence-corrected chi connectivity index (χ2v) is 6.12. The minimum atomic E-state index is 0.761. The van der Waals surface area contributed by atoms with E-state index in [1.807, 2.05) is 0 Å². The summed E-state index contributed by atoms with van der Waals surface area (Å²) in [6, 6.07) is 1.63. The van der Waals surface area contributed by atoms with Crippen LogP contribution < -0.4 is 0 Å². The van der Waals surface area contributed by atoms with Gasteiger partial charge in [-0.15, -0.1) is 11.6 Å². The van der Waals surface area contributed by atoms with Crippen LogP contribution in [0.3, 0.4) is 0 Å². The molecular formula is C14H27ClN2. The molecule has 0 aromatic carbocycles. The zero-order valence-corrected chi connectivity index (χ0v) is 12.0. The standard InChI is InChI=1S/C14H27ClN2/c1-13-11-17-10-6-7-14(17)12-16(13)9-5-3-2-4-8-15/h13-14H,2-12H2,1H3. The van der Waals surface area contributed by atoms with Crippen LogP contribution in [0.4, 0.5) is 0 Å². The first-order valence-corrected chi connectivity index (χ1v) is 7.89. The largest absolute Gasteiger partial charge is 0.298 e. The van der Waals surface area contributed by atoms with E-state index < -0.39 is 0 Å². The van der Waals surface area contributed by atoms with Crippen LogP contribution in [0.15, 0.2) is 0 Å². The van der Waals surface area contributed by atoms with Crippen molar-refractivity contribution in [3.05, 3.63) is 0 Å². The van der Waals surface area contributed by atoms with Gasteiger partial charge in [-0.2, -0.15) is 0 Å². The average Bonchev–Trinajstić information content (AvgIpc) is 2.76. The van der Waals surface area contributed by atoms with Gasteiger partial charge in [0.05, 0.1) is 0 Å². The third kappa shape index (κ3) is 3.84. The van der Waals surface area contributed by atoms with Crippen molar-refractivity contribution >= 4 is 11.6 Å². The van der Waals surface area contributed by atoms with Crippen LogP contribution in [-0.2, 0) is 0 Å². The third-order valence-corrected chi connectivity index (χ3v) is 4.66. The van der Waals surface area contributed by atoms with Crippen LogP contribution in [0.1, 0.15) is 45.4 Å². The summed E-state index contributed by atoms with van der Waals surface area (Å²) in [5.74, 6) is 0.831. The molecule has 0 aliphatic carbocycles. The highest BCUT2D eigenvalue weighted by atomic mass is 35.5. The van der Waals surface area contributed by atoms with Gasteiger partial charge in [-0.3, -0.25) is 9.80 Å².